The van der Waals surface area contributed by atoms with E-state index in [9.17, 15) is 0 Å². The van der Waals surface area contributed by atoms with Gasteiger partial charge in [0.1, 0.15) is 5.76 Å². The fourth-order valence-electron chi connectivity index (χ4n) is 2.67. The van der Waals surface area contributed by atoms with Gasteiger partial charge in [0, 0.05) is 23.2 Å². The van der Waals surface area contributed by atoms with Crippen LogP contribution in [-0.2, 0) is 13.1 Å². The first-order valence-electron chi connectivity index (χ1n) is 7.33. The molecule has 0 aromatic carbocycles. The number of hydrogen-bond acceptors (Lipinski definition) is 3. The number of hydrogen-bond donors (Lipinski definition) is 1. The first-order valence-corrected chi connectivity index (χ1v) is 7.33. The summed E-state index contributed by atoms with van der Waals surface area (Å²) in [7, 11) is 0. The summed E-state index contributed by atoms with van der Waals surface area (Å²) in [5.41, 5.74) is 1.77. The van der Waals surface area contributed by atoms with Crippen LogP contribution in [0.15, 0.2) is 16.7 Å². The largest absolute Gasteiger partial charge is 0.468 e. The van der Waals surface area contributed by atoms with Gasteiger partial charge >= 0.3 is 0 Å². The number of nitrogens with one attached hydrogen (secondary N) is 1. The van der Waals surface area contributed by atoms with Gasteiger partial charge in [0.2, 0.25) is 0 Å². The first-order chi connectivity index (χ1) is 8.78. The molecule has 19 heavy (non-hydrogen) atoms. The van der Waals surface area contributed by atoms with Crippen LogP contribution in [0.2, 0.25) is 0 Å². The minimum atomic E-state index is 0.122. The van der Waals surface area contributed by atoms with Gasteiger partial charge in [-0.2, -0.15) is 0 Å². The fourth-order valence-corrected chi connectivity index (χ4v) is 2.67. The summed E-state index contributed by atoms with van der Waals surface area (Å²) in [6, 6.07) is 2.12. The summed E-state index contributed by atoms with van der Waals surface area (Å²) >= 11 is 0. The summed E-state index contributed by atoms with van der Waals surface area (Å²) in [5.74, 6) is 1.08. The molecule has 108 valence electrons. The minimum Gasteiger partial charge on any atom is -0.468 e. The quantitative estimate of drug-likeness (QED) is 0.901. The van der Waals surface area contributed by atoms with E-state index < -0.39 is 0 Å². The first kappa shape index (κ1) is 14.6. The summed E-state index contributed by atoms with van der Waals surface area (Å²) in [6.07, 6.45) is 4.42. The van der Waals surface area contributed by atoms with E-state index >= 15 is 0 Å². The van der Waals surface area contributed by atoms with E-state index in [4.69, 9.17) is 4.42 Å². The van der Waals surface area contributed by atoms with Crippen molar-refractivity contribution in [2.75, 3.05) is 6.54 Å². The van der Waals surface area contributed by atoms with Crippen LogP contribution in [0.25, 0.3) is 0 Å². The van der Waals surface area contributed by atoms with Crippen LogP contribution in [0.5, 0.6) is 0 Å². The third-order valence-electron chi connectivity index (χ3n) is 4.05. The predicted octanol–water partition coefficient (Wildman–Crippen LogP) is 3.54. The van der Waals surface area contributed by atoms with Crippen molar-refractivity contribution in [2.24, 2.45) is 0 Å². The van der Waals surface area contributed by atoms with E-state index in [0.29, 0.717) is 5.54 Å². The molecule has 0 spiro atoms. The Morgan fingerprint density at radius 3 is 2.68 bits per heavy atom. The van der Waals surface area contributed by atoms with E-state index in [1.807, 2.05) is 6.26 Å². The average molecular weight is 264 g/mol. The molecule has 3 heteroatoms. The van der Waals surface area contributed by atoms with Gasteiger partial charge in [0.05, 0.1) is 12.8 Å². The number of likely N-dealkylation sites (tertiary alicyclic amines) is 1. The van der Waals surface area contributed by atoms with Crippen molar-refractivity contribution in [3.63, 3.8) is 0 Å². The predicted molar refractivity (Wildman–Crippen MR) is 79.0 cm³/mol. The molecule has 0 amide bonds. The molecule has 1 aliphatic heterocycles. The van der Waals surface area contributed by atoms with Crippen molar-refractivity contribution in [1.29, 1.82) is 0 Å². The Balaban J connectivity index is 2.00. The van der Waals surface area contributed by atoms with Crippen LogP contribution in [0.4, 0.5) is 0 Å². The molecule has 0 unspecified atom stereocenters. The van der Waals surface area contributed by atoms with Gasteiger partial charge in [-0.05, 0) is 60.1 Å². The van der Waals surface area contributed by atoms with Gasteiger partial charge in [0.25, 0.3) is 0 Å². The smallest absolute Gasteiger partial charge is 0.122 e. The Labute approximate surface area is 117 Å². The Kier molecular flexibility index (Phi) is 4.07. The standard InChI is InChI=1S/C16H28N2O/c1-15(2,3)17-11-14-13(7-10-19-14)12-18-9-6-8-16(18,4)5/h7,10,17H,6,8-9,11-12H2,1-5H3. The van der Waals surface area contributed by atoms with Crippen molar-refractivity contribution >= 4 is 0 Å². The highest BCUT2D eigenvalue weighted by atomic mass is 16.3. The summed E-state index contributed by atoms with van der Waals surface area (Å²) < 4.78 is 5.65. The highest BCUT2D eigenvalue weighted by Gasteiger charge is 2.32. The molecule has 0 aliphatic carbocycles. The number of furan rings is 1. The minimum absolute atomic E-state index is 0.122. The summed E-state index contributed by atoms with van der Waals surface area (Å²) in [5, 5.41) is 3.50. The third kappa shape index (κ3) is 3.83. The zero-order chi connectivity index (χ0) is 14.1. The SMILES string of the molecule is CC(C)(C)NCc1occc1CN1CCCC1(C)C. The second kappa shape index (κ2) is 5.29. The van der Waals surface area contributed by atoms with Gasteiger partial charge in [0.15, 0.2) is 0 Å². The Hall–Kier alpha value is -0.800. The van der Waals surface area contributed by atoms with Crippen LogP contribution < -0.4 is 5.32 Å². The van der Waals surface area contributed by atoms with Crippen LogP contribution in [0, 0.1) is 0 Å². The molecule has 2 heterocycles. The normalized spacial score (nSPS) is 20.1. The Bertz CT molecular complexity index is 415. The number of nitrogens with zero attached hydrogens (tertiary/aromatic N) is 1. The average Bonchev–Trinajstić information content (AvgIpc) is 2.83. The lowest BCUT2D eigenvalue weighted by atomic mass is 10.0. The molecule has 1 fully saturated rings. The van der Waals surface area contributed by atoms with Gasteiger partial charge in [-0.3, -0.25) is 4.90 Å². The van der Waals surface area contributed by atoms with E-state index in [1.165, 1.54) is 24.9 Å². The van der Waals surface area contributed by atoms with Crippen LogP contribution >= 0.6 is 0 Å². The molecule has 0 radical (unpaired) electrons. The molecule has 1 aliphatic rings. The Morgan fingerprint density at radius 1 is 1.37 bits per heavy atom. The van der Waals surface area contributed by atoms with Crippen molar-refractivity contribution in [3.8, 4) is 0 Å². The second-order valence-corrected chi connectivity index (χ2v) is 7.31. The van der Waals surface area contributed by atoms with Crippen LogP contribution in [-0.4, -0.2) is 22.5 Å². The molecular weight excluding hydrogens is 236 g/mol. The second-order valence-electron chi connectivity index (χ2n) is 7.31. The lowest BCUT2D eigenvalue weighted by molar-refractivity contribution is 0.165. The lowest BCUT2D eigenvalue weighted by Gasteiger charge is -2.31. The molecular formula is C16H28N2O. The topological polar surface area (TPSA) is 28.4 Å². The summed E-state index contributed by atoms with van der Waals surface area (Å²) in [4.78, 5) is 2.57. The highest BCUT2D eigenvalue weighted by molar-refractivity contribution is 5.18. The summed E-state index contributed by atoms with van der Waals surface area (Å²) in [6.45, 7) is 14.2. The molecule has 0 saturated carbocycles. The van der Waals surface area contributed by atoms with E-state index in [0.717, 1.165) is 18.8 Å². The molecule has 0 bridgehead atoms. The van der Waals surface area contributed by atoms with Gasteiger partial charge in [-0.15, -0.1) is 0 Å². The van der Waals surface area contributed by atoms with Crippen molar-refractivity contribution in [1.82, 2.24) is 10.2 Å². The molecule has 1 aromatic heterocycles. The van der Waals surface area contributed by atoms with Crippen LogP contribution in [0.1, 0.15) is 58.8 Å². The maximum Gasteiger partial charge on any atom is 0.122 e. The lowest BCUT2D eigenvalue weighted by Crippen LogP contribution is -2.38. The maximum absolute atomic E-state index is 5.65. The van der Waals surface area contributed by atoms with Gasteiger partial charge in [-0.25, -0.2) is 0 Å². The van der Waals surface area contributed by atoms with E-state index in [-0.39, 0.29) is 5.54 Å². The van der Waals surface area contributed by atoms with E-state index in [2.05, 4.69) is 50.9 Å². The molecule has 3 nitrogen and oxygen atoms in total. The molecule has 0 atom stereocenters. The molecule has 1 aromatic rings. The number of rotatable bonds is 4. The van der Waals surface area contributed by atoms with E-state index in [1.54, 1.807) is 0 Å². The molecule has 2 rings (SSSR count). The van der Waals surface area contributed by atoms with Gasteiger partial charge in [-0.1, -0.05) is 0 Å². The Morgan fingerprint density at radius 2 is 2.11 bits per heavy atom. The van der Waals surface area contributed by atoms with Crippen molar-refractivity contribution < 1.29 is 4.42 Å². The van der Waals surface area contributed by atoms with Crippen molar-refractivity contribution in [3.05, 3.63) is 23.7 Å². The third-order valence-corrected chi connectivity index (χ3v) is 4.05. The zero-order valence-electron chi connectivity index (χ0n) is 13.0. The monoisotopic (exact) mass is 264 g/mol. The van der Waals surface area contributed by atoms with Crippen LogP contribution in [0.3, 0.4) is 0 Å². The maximum atomic E-state index is 5.65. The fraction of sp³-hybridized carbons (Fsp3) is 0.750. The van der Waals surface area contributed by atoms with Crippen molar-refractivity contribution in [2.45, 2.75) is 71.6 Å². The molecule has 1 N–H and O–H groups in total. The highest BCUT2D eigenvalue weighted by Crippen LogP contribution is 2.30. The van der Waals surface area contributed by atoms with Gasteiger partial charge < -0.3 is 9.73 Å². The molecule has 1 saturated heterocycles. The zero-order valence-corrected chi connectivity index (χ0v) is 13.0.